The van der Waals surface area contributed by atoms with E-state index in [0.717, 1.165) is 11.1 Å². The van der Waals surface area contributed by atoms with Crippen molar-refractivity contribution in [2.45, 2.75) is 44.5 Å². The molecule has 4 atom stereocenters. The minimum Gasteiger partial charge on any atom is -0.474 e. The Hall–Kier alpha value is -3.58. The molecule has 1 fully saturated rings. The van der Waals surface area contributed by atoms with E-state index in [1.165, 1.54) is 38.7 Å². The van der Waals surface area contributed by atoms with Crippen molar-refractivity contribution in [1.29, 1.82) is 5.26 Å². The summed E-state index contributed by atoms with van der Waals surface area (Å²) in [5.74, 6) is -1.11. The molecule has 0 aliphatic carbocycles. The van der Waals surface area contributed by atoms with Gasteiger partial charge in [-0.15, -0.1) is 11.8 Å². The van der Waals surface area contributed by atoms with Crippen LogP contribution in [0.3, 0.4) is 0 Å². The molecule has 33 heavy (non-hydrogen) atoms. The fourth-order valence-corrected chi connectivity index (χ4v) is 4.57. The first-order chi connectivity index (χ1) is 15.8. The van der Waals surface area contributed by atoms with E-state index in [4.69, 9.17) is 24.2 Å². The second kappa shape index (κ2) is 10.8. The number of carbonyl (C=O) groups is 3. The van der Waals surface area contributed by atoms with Crippen LogP contribution in [0.1, 0.15) is 26.3 Å². The number of benzene rings is 1. The molecule has 1 aromatic heterocycles. The van der Waals surface area contributed by atoms with E-state index in [1.54, 1.807) is 30.5 Å². The molecule has 10 heteroatoms. The van der Waals surface area contributed by atoms with E-state index in [-0.39, 0.29) is 5.75 Å². The lowest BCUT2D eigenvalue weighted by molar-refractivity contribution is -0.186. The van der Waals surface area contributed by atoms with Gasteiger partial charge in [-0.3, -0.25) is 19.4 Å². The number of hydrogen-bond acceptors (Lipinski definition) is 10. The van der Waals surface area contributed by atoms with Gasteiger partial charge in [0.1, 0.15) is 5.75 Å². The number of ether oxygens (including phenoxy) is 4. The maximum Gasteiger partial charge on any atom is 0.303 e. The summed E-state index contributed by atoms with van der Waals surface area (Å²) in [5.41, 5.74) is 1.26. The van der Waals surface area contributed by atoms with Crippen LogP contribution in [-0.2, 0) is 28.6 Å². The van der Waals surface area contributed by atoms with Crippen molar-refractivity contribution in [2.75, 3.05) is 5.75 Å². The third-order valence-corrected chi connectivity index (χ3v) is 5.81. The van der Waals surface area contributed by atoms with Gasteiger partial charge in [-0.05, 0) is 23.8 Å². The zero-order chi connectivity index (χ0) is 24.0. The van der Waals surface area contributed by atoms with Crippen LogP contribution in [-0.4, -0.2) is 52.4 Å². The number of hydrogen-bond donors (Lipinski definition) is 0. The fourth-order valence-electron chi connectivity index (χ4n) is 3.35. The lowest BCUT2D eigenvalue weighted by Crippen LogP contribution is -2.55. The van der Waals surface area contributed by atoms with Gasteiger partial charge in [0.25, 0.3) is 0 Å². The molecule has 9 nitrogen and oxygen atoms in total. The summed E-state index contributed by atoms with van der Waals surface area (Å²) < 4.78 is 22.2. The largest absolute Gasteiger partial charge is 0.474 e. The molecule has 0 radical (unpaired) electrons. The summed E-state index contributed by atoms with van der Waals surface area (Å²) >= 11 is 1.26. The van der Waals surface area contributed by atoms with Crippen LogP contribution in [0.5, 0.6) is 5.75 Å². The van der Waals surface area contributed by atoms with Crippen molar-refractivity contribution in [2.24, 2.45) is 0 Å². The molecule has 1 aliphatic rings. The van der Waals surface area contributed by atoms with Crippen LogP contribution in [0.4, 0.5) is 0 Å². The van der Waals surface area contributed by atoms with Crippen LogP contribution in [0, 0.1) is 11.3 Å². The molecule has 2 heterocycles. The van der Waals surface area contributed by atoms with Crippen LogP contribution < -0.4 is 4.74 Å². The Labute approximate surface area is 195 Å². The quantitative estimate of drug-likeness (QED) is 0.459. The van der Waals surface area contributed by atoms with Crippen molar-refractivity contribution >= 4 is 29.7 Å². The smallest absolute Gasteiger partial charge is 0.303 e. The van der Waals surface area contributed by atoms with E-state index in [9.17, 15) is 14.4 Å². The summed E-state index contributed by atoms with van der Waals surface area (Å²) in [7, 11) is 0. The summed E-state index contributed by atoms with van der Waals surface area (Å²) in [6.07, 6.45) is 0.269. The summed E-state index contributed by atoms with van der Waals surface area (Å²) in [4.78, 5) is 39.2. The number of aromatic nitrogens is 1. The highest BCUT2D eigenvalue weighted by molar-refractivity contribution is 7.99. The number of carbonyl (C=O) groups excluding carboxylic acids is 3. The van der Waals surface area contributed by atoms with Crippen LogP contribution in [0.15, 0.2) is 42.7 Å². The Kier molecular flexibility index (Phi) is 7.90. The first-order valence-corrected chi connectivity index (χ1v) is 11.1. The predicted molar refractivity (Wildman–Crippen MR) is 118 cm³/mol. The van der Waals surface area contributed by atoms with Crippen molar-refractivity contribution in [3.8, 4) is 22.9 Å². The maximum atomic E-state index is 11.8. The van der Waals surface area contributed by atoms with Gasteiger partial charge in [0, 0.05) is 38.3 Å². The van der Waals surface area contributed by atoms with Crippen LogP contribution >= 0.6 is 11.8 Å². The Balaban J connectivity index is 1.88. The number of rotatable bonds is 6. The van der Waals surface area contributed by atoms with E-state index >= 15 is 0 Å². The van der Waals surface area contributed by atoms with Gasteiger partial charge in [0.15, 0.2) is 23.7 Å². The normalized spacial score (nSPS) is 21.9. The molecule has 3 rings (SSSR count). The van der Waals surface area contributed by atoms with Crippen molar-refractivity contribution in [3.05, 3.63) is 48.3 Å². The van der Waals surface area contributed by atoms with Crippen molar-refractivity contribution in [1.82, 2.24) is 4.98 Å². The zero-order valence-electron chi connectivity index (χ0n) is 18.2. The minimum atomic E-state index is -1.04. The molecule has 172 valence electrons. The first-order valence-electron chi connectivity index (χ1n) is 10.0. The average molecular weight is 471 g/mol. The zero-order valence-corrected chi connectivity index (χ0v) is 19.0. The van der Waals surface area contributed by atoms with Crippen molar-refractivity contribution in [3.63, 3.8) is 0 Å². The number of nitrogens with zero attached hydrogens (tertiary/aromatic N) is 2. The van der Waals surface area contributed by atoms with E-state index in [1.807, 2.05) is 6.07 Å². The lowest BCUT2D eigenvalue weighted by atomic mass is 10.1. The molecule has 0 unspecified atom stereocenters. The van der Waals surface area contributed by atoms with Crippen molar-refractivity contribution < 1.29 is 33.3 Å². The molecule has 1 saturated heterocycles. The topological polar surface area (TPSA) is 125 Å². The molecular weight excluding hydrogens is 448 g/mol. The third-order valence-electron chi connectivity index (χ3n) is 4.60. The van der Waals surface area contributed by atoms with Gasteiger partial charge in [-0.2, -0.15) is 5.26 Å². The third kappa shape index (κ3) is 6.46. The molecule has 0 saturated carbocycles. The monoisotopic (exact) mass is 470 g/mol. The number of nitriles is 1. The number of thioether (sulfide) groups is 1. The molecular formula is C23H22N2O7S. The molecule has 2 aromatic rings. The average Bonchev–Trinajstić information content (AvgIpc) is 2.77. The van der Waals surface area contributed by atoms with Gasteiger partial charge in [-0.25, -0.2) is 0 Å². The van der Waals surface area contributed by atoms with Gasteiger partial charge >= 0.3 is 17.9 Å². The first kappa shape index (κ1) is 24.1. The second-order valence-corrected chi connectivity index (χ2v) is 8.35. The highest BCUT2D eigenvalue weighted by atomic mass is 32.2. The molecule has 0 bridgehead atoms. The summed E-state index contributed by atoms with van der Waals surface area (Å²) in [6, 6.07) is 10.9. The van der Waals surface area contributed by atoms with Gasteiger partial charge < -0.3 is 18.9 Å². The Morgan fingerprint density at radius 2 is 1.67 bits per heavy atom. The standard InChI is InChI=1S/C23H22N2O7S/c1-13(26)29-20-12-33-23(22(31-15(3)28)21(20)30-14(2)27)32-19-8-18(10-25-11-19)17-6-4-5-16(7-17)9-24/h4-8,10-11,20-23H,12H2,1-3H3/t20-,21+,22-,23+/m1/s1. The Morgan fingerprint density at radius 1 is 0.970 bits per heavy atom. The van der Waals surface area contributed by atoms with E-state index < -0.39 is 41.7 Å². The lowest BCUT2D eigenvalue weighted by Gasteiger charge is -2.39. The van der Waals surface area contributed by atoms with Gasteiger partial charge in [0.05, 0.1) is 17.8 Å². The Morgan fingerprint density at radius 3 is 2.33 bits per heavy atom. The number of pyridine rings is 1. The van der Waals surface area contributed by atoms with E-state index in [0.29, 0.717) is 11.3 Å². The second-order valence-electron chi connectivity index (χ2n) is 7.22. The van der Waals surface area contributed by atoms with Crippen LogP contribution in [0.2, 0.25) is 0 Å². The highest BCUT2D eigenvalue weighted by Gasteiger charge is 2.47. The van der Waals surface area contributed by atoms with Crippen LogP contribution in [0.25, 0.3) is 11.1 Å². The summed E-state index contributed by atoms with van der Waals surface area (Å²) in [5, 5.41) is 9.14. The fraction of sp³-hybridized carbons (Fsp3) is 0.348. The molecule has 1 aromatic carbocycles. The SMILES string of the molecule is CC(=O)O[C@@H]1[C@@H](OC(C)=O)[C@@H](Oc2cncc(-c3cccc(C#N)c3)c2)SC[C@H]1OC(C)=O. The minimum absolute atomic E-state index is 0.261. The Bertz CT molecular complexity index is 1080. The molecule has 1 aliphatic heterocycles. The van der Waals surface area contributed by atoms with Gasteiger partial charge in [-0.1, -0.05) is 12.1 Å². The number of esters is 3. The van der Waals surface area contributed by atoms with Gasteiger partial charge in [0.2, 0.25) is 0 Å². The predicted octanol–water partition coefficient (Wildman–Crippen LogP) is 2.87. The molecule has 0 N–H and O–H groups in total. The molecule has 0 spiro atoms. The van der Waals surface area contributed by atoms with E-state index in [2.05, 4.69) is 11.1 Å². The highest BCUT2D eigenvalue weighted by Crippen LogP contribution is 2.35. The summed E-state index contributed by atoms with van der Waals surface area (Å²) in [6.45, 7) is 3.69. The molecule has 0 amide bonds. The maximum absolute atomic E-state index is 11.8.